The number of aliphatic imine (C=N–C) groups is 1. The number of nitrogens with zero attached hydrogens (tertiary/aromatic N) is 3. The number of carbonyl (C=O) groups excluding carboxylic acids is 1. The van der Waals surface area contributed by atoms with Crippen LogP contribution in [-0.4, -0.2) is 58.5 Å². The fraction of sp³-hybridized carbons (Fsp3) is 0.385. The van der Waals surface area contributed by atoms with E-state index in [-0.39, 0.29) is 29.7 Å². The molecule has 2 N–H and O–H groups in total. The highest BCUT2D eigenvalue weighted by Gasteiger charge is 2.54. The summed E-state index contributed by atoms with van der Waals surface area (Å²) in [5, 5.41) is 15.5. The number of nitrogens with one attached hydrogen (secondary N) is 1. The molecule has 1 saturated heterocycles. The third-order valence-corrected chi connectivity index (χ3v) is 7.71. The maximum Gasteiger partial charge on any atom is 0.338 e. The fourth-order valence-corrected chi connectivity index (χ4v) is 5.62. The molecule has 36 heavy (non-hydrogen) atoms. The number of carboxylic acid groups (broad SMARTS) is 1. The number of rotatable bonds is 7. The van der Waals surface area contributed by atoms with E-state index < -0.39 is 29.8 Å². The van der Waals surface area contributed by atoms with Crippen LogP contribution < -0.4 is 5.32 Å². The summed E-state index contributed by atoms with van der Waals surface area (Å²) in [5.41, 5.74) is 1.48. The minimum atomic E-state index is -0.883. The van der Waals surface area contributed by atoms with Gasteiger partial charge in [-0.25, -0.2) is 14.2 Å². The number of aromatic nitrogens is 1. The summed E-state index contributed by atoms with van der Waals surface area (Å²) in [4.78, 5) is 36.4. The molecule has 1 saturated carbocycles. The zero-order valence-corrected chi connectivity index (χ0v) is 20.5. The predicted octanol–water partition coefficient (Wildman–Crippen LogP) is 3.11. The third-order valence-electron chi connectivity index (χ3n) is 6.93. The summed E-state index contributed by atoms with van der Waals surface area (Å²) < 4.78 is 19.4. The van der Waals surface area contributed by atoms with E-state index in [9.17, 15) is 19.1 Å². The first-order valence-electron chi connectivity index (χ1n) is 11.7. The van der Waals surface area contributed by atoms with Gasteiger partial charge in [-0.15, -0.1) is 17.8 Å². The molecule has 1 spiro atoms. The number of hydrogen-bond donors (Lipinski definition) is 2. The van der Waals surface area contributed by atoms with E-state index >= 15 is 0 Å². The normalized spacial score (nSPS) is 22.6. The molecule has 8 nitrogen and oxygen atoms in total. The van der Waals surface area contributed by atoms with Crippen molar-refractivity contribution in [3.8, 4) is 12.3 Å². The van der Waals surface area contributed by atoms with E-state index in [1.807, 2.05) is 4.90 Å². The number of halogens is 1. The summed E-state index contributed by atoms with van der Waals surface area (Å²) in [6.07, 6.45) is 9.92. The number of hydrogen-bond acceptors (Lipinski definition) is 8. The molecule has 0 unspecified atom stereocenters. The number of carboxylic acids is 1. The Labute approximate surface area is 211 Å². The number of esters is 1. The van der Waals surface area contributed by atoms with Crippen LogP contribution >= 0.6 is 11.3 Å². The zero-order chi connectivity index (χ0) is 25.4. The first-order valence-corrected chi connectivity index (χ1v) is 12.6. The van der Waals surface area contributed by atoms with Crippen LogP contribution in [0.15, 0.2) is 46.0 Å². The zero-order valence-electron chi connectivity index (χ0n) is 19.7. The van der Waals surface area contributed by atoms with E-state index in [4.69, 9.17) is 16.2 Å². The number of aliphatic carboxylic acids is 1. The van der Waals surface area contributed by atoms with E-state index in [1.165, 1.54) is 29.5 Å². The van der Waals surface area contributed by atoms with E-state index in [2.05, 4.69) is 16.2 Å². The van der Waals surface area contributed by atoms with Gasteiger partial charge < -0.3 is 15.2 Å². The van der Waals surface area contributed by atoms with Crippen molar-refractivity contribution in [1.29, 1.82) is 0 Å². The van der Waals surface area contributed by atoms with Gasteiger partial charge in [0.2, 0.25) is 0 Å². The standard InChI is InChI=1S/C26H25FN4O4S/c1-3-15-11-16(27)5-6-17(15)21-20(25(34)35-4-2)18(29-22(30-21)23-28-9-10-36-23)13-31-14-26(7-8-26)12-19(31)24(32)33/h1,5-6,9-11,19,21H,4,7-8,12-14H2,2H3,(H,29,30)(H,32,33)/t19-,21-/m0/s1. The predicted molar refractivity (Wildman–Crippen MR) is 132 cm³/mol. The van der Waals surface area contributed by atoms with Crippen LogP contribution in [0.3, 0.4) is 0 Å². The van der Waals surface area contributed by atoms with Crippen LogP contribution in [0.25, 0.3) is 0 Å². The maximum atomic E-state index is 14.0. The van der Waals surface area contributed by atoms with Gasteiger partial charge in [-0.1, -0.05) is 12.0 Å². The smallest absolute Gasteiger partial charge is 0.338 e. The molecule has 10 heteroatoms. The number of ether oxygens (including phenoxy) is 1. The molecule has 5 rings (SSSR count). The highest BCUT2D eigenvalue weighted by atomic mass is 32.1. The second kappa shape index (κ2) is 9.48. The first kappa shape index (κ1) is 24.2. The third kappa shape index (κ3) is 4.52. The molecular formula is C26H25FN4O4S. The van der Waals surface area contributed by atoms with Crippen molar-refractivity contribution in [2.45, 2.75) is 38.3 Å². The lowest BCUT2D eigenvalue weighted by Gasteiger charge is -2.31. The van der Waals surface area contributed by atoms with Crippen LogP contribution in [0.1, 0.15) is 48.4 Å². The lowest BCUT2D eigenvalue weighted by molar-refractivity contribution is -0.142. The topological polar surface area (TPSA) is 104 Å². The number of thiazole rings is 1. The van der Waals surface area contributed by atoms with Crippen molar-refractivity contribution in [1.82, 2.24) is 15.2 Å². The van der Waals surface area contributed by atoms with Crippen LogP contribution in [0, 0.1) is 23.6 Å². The Bertz CT molecular complexity index is 1310. The molecule has 2 atom stereocenters. The van der Waals surface area contributed by atoms with Crippen molar-refractivity contribution < 1.29 is 23.8 Å². The maximum absolute atomic E-state index is 14.0. The number of amidine groups is 1. The van der Waals surface area contributed by atoms with Gasteiger partial charge in [0, 0.05) is 35.9 Å². The Morgan fingerprint density at radius 2 is 2.22 bits per heavy atom. The van der Waals surface area contributed by atoms with Gasteiger partial charge in [0.05, 0.1) is 12.2 Å². The van der Waals surface area contributed by atoms with Crippen molar-refractivity contribution in [2.24, 2.45) is 10.4 Å². The average Bonchev–Trinajstić information content (AvgIpc) is 3.23. The summed E-state index contributed by atoms with van der Waals surface area (Å²) in [6.45, 7) is 2.66. The quantitative estimate of drug-likeness (QED) is 0.438. The summed E-state index contributed by atoms with van der Waals surface area (Å²) in [7, 11) is 0. The molecule has 2 fully saturated rings. The highest BCUT2D eigenvalue weighted by Crippen LogP contribution is 2.55. The van der Waals surface area contributed by atoms with E-state index in [0.717, 1.165) is 12.8 Å². The molecule has 1 aliphatic carbocycles. The van der Waals surface area contributed by atoms with Crippen LogP contribution in [0.5, 0.6) is 0 Å². The van der Waals surface area contributed by atoms with Gasteiger partial charge in [0.25, 0.3) is 0 Å². The van der Waals surface area contributed by atoms with Gasteiger partial charge >= 0.3 is 11.9 Å². The van der Waals surface area contributed by atoms with Crippen LogP contribution in [-0.2, 0) is 14.3 Å². The molecule has 1 aromatic heterocycles. The Morgan fingerprint density at radius 1 is 1.42 bits per heavy atom. The van der Waals surface area contributed by atoms with Gasteiger partial charge in [-0.05, 0) is 49.3 Å². The molecule has 3 aliphatic rings. The monoisotopic (exact) mass is 508 g/mol. The van der Waals surface area contributed by atoms with Gasteiger partial charge in [-0.3, -0.25) is 14.7 Å². The average molecular weight is 509 g/mol. The highest BCUT2D eigenvalue weighted by molar-refractivity contribution is 7.11. The van der Waals surface area contributed by atoms with E-state index in [1.54, 1.807) is 18.5 Å². The van der Waals surface area contributed by atoms with Gasteiger partial charge in [0.1, 0.15) is 17.9 Å². The second-order valence-corrected chi connectivity index (χ2v) is 10.2. The summed E-state index contributed by atoms with van der Waals surface area (Å²) in [5.74, 6) is 0.955. The van der Waals surface area contributed by atoms with Crippen molar-refractivity contribution >= 4 is 29.1 Å². The van der Waals surface area contributed by atoms with Gasteiger partial charge in [0.15, 0.2) is 10.8 Å². The van der Waals surface area contributed by atoms with Crippen molar-refractivity contribution in [3.63, 3.8) is 0 Å². The minimum Gasteiger partial charge on any atom is -0.480 e. The lowest BCUT2D eigenvalue weighted by Crippen LogP contribution is -2.43. The van der Waals surface area contributed by atoms with Gasteiger partial charge in [-0.2, -0.15) is 0 Å². The number of benzene rings is 1. The molecule has 1 aromatic carbocycles. The summed E-state index contributed by atoms with van der Waals surface area (Å²) in [6, 6.07) is 2.49. The SMILES string of the molecule is C#Cc1cc(F)ccc1[C@@H]1N=C(c2nccs2)NC(CN2CC3(CC3)C[C@H]2C(=O)O)=C1C(=O)OCC. The molecule has 186 valence electrons. The number of terminal acetylenes is 1. The molecule has 0 radical (unpaired) electrons. The Hall–Kier alpha value is -3.55. The lowest BCUT2D eigenvalue weighted by atomic mass is 9.92. The van der Waals surface area contributed by atoms with Crippen LogP contribution in [0.4, 0.5) is 4.39 Å². The molecule has 2 aromatic rings. The Morgan fingerprint density at radius 3 is 2.86 bits per heavy atom. The van der Waals surface area contributed by atoms with Crippen LogP contribution in [0.2, 0.25) is 0 Å². The fourth-order valence-electron chi connectivity index (χ4n) is 5.03. The number of carbonyl (C=O) groups is 2. The Kier molecular flexibility index (Phi) is 6.36. The second-order valence-electron chi connectivity index (χ2n) is 9.29. The molecular weight excluding hydrogens is 483 g/mol. The van der Waals surface area contributed by atoms with Crippen molar-refractivity contribution in [2.75, 3.05) is 19.7 Å². The number of likely N-dealkylation sites (tertiary alicyclic amines) is 1. The summed E-state index contributed by atoms with van der Waals surface area (Å²) >= 11 is 1.37. The molecule has 2 aliphatic heterocycles. The molecule has 0 bridgehead atoms. The Balaban J connectivity index is 1.63. The minimum absolute atomic E-state index is 0.0294. The van der Waals surface area contributed by atoms with Crippen molar-refractivity contribution in [3.05, 3.63) is 63.0 Å². The van der Waals surface area contributed by atoms with E-state index in [0.29, 0.717) is 35.1 Å². The molecule has 0 amide bonds. The largest absolute Gasteiger partial charge is 0.480 e. The first-order chi connectivity index (χ1) is 17.3. The molecule has 3 heterocycles.